The second kappa shape index (κ2) is 6.36. The number of hydrogen-bond donors (Lipinski definition) is 1. The molecule has 0 aliphatic heterocycles. The summed E-state index contributed by atoms with van der Waals surface area (Å²) in [6.07, 6.45) is -5.34. The molecule has 1 rings (SSSR count). The Morgan fingerprint density at radius 2 is 1.80 bits per heavy atom. The molecule has 4 nitrogen and oxygen atoms in total. The highest BCUT2D eigenvalue weighted by molar-refractivity contribution is 5.87. The van der Waals surface area contributed by atoms with Gasteiger partial charge in [-0.25, -0.2) is 9.18 Å². The summed E-state index contributed by atoms with van der Waals surface area (Å²) >= 11 is 0. The molecule has 1 aromatic rings. The third kappa shape index (κ3) is 4.52. The van der Waals surface area contributed by atoms with Crippen molar-refractivity contribution in [3.63, 3.8) is 0 Å². The van der Waals surface area contributed by atoms with Gasteiger partial charge in [0.05, 0.1) is 7.11 Å². The maximum absolute atomic E-state index is 12.7. The smallest absolute Gasteiger partial charge is 0.467 e. The van der Waals surface area contributed by atoms with Crippen LogP contribution in [0.3, 0.4) is 0 Å². The fourth-order valence-corrected chi connectivity index (χ4v) is 1.43. The highest BCUT2D eigenvalue weighted by Gasteiger charge is 2.41. The van der Waals surface area contributed by atoms with Crippen LogP contribution in [-0.4, -0.2) is 31.2 Å². The van der Waals surface area contributed by atoms with Crippen LogP contribution in [-0.2, 0) is 20.7 Å². The van der Waals surface area contributed by atoms with Crippen LogP contribution in [0.5, 0.6) is 0 Å². The summed E-state index contributed by atoms with van der Waals surface area (Å²) < 4.78 is 53.5. The first kappa shape index (κ1) is 15.9. The molecule has 0 saturated carbocycles. The Hall–Kier alpha value is -2.12. The first-order chi connectivity index (χ1) is 9.24. The normalized spacial score (nSPS) is 12.7. The molecule has 1 N–H and O–H groups in total. The minimum atomic E-state index is -5.10. The summed E-state index contributed by atoms with van der Waals surface area (Å²) in [6, 6.07) is 3.28. The minimum absolute atomic E-state index is 0.241. The van der Waals surface area contributed by atoms with Gasteiger partial charge >= 0.3 is 18.1 Å². The van der Waals surface area contributed by atoms with E-state index in [1.165, 1.54) is 17.4 Å². The number of hydrogen-bond acceptors (Lipinski definition) is 3. The zero-order chi connectivity index (χ0) is 15.3. The van der Waals surface area contributed by atoms with Crippen LogP contribution in [0.15, 0.2) is 24.3 Å². The molecular weight excluding hydrogens is 282 g/mol. The van der Waals surface area contributed by atoms with E-state index in [4.69, 9.17) is 0 Å². The average Bonchev–Trinajstić information content (AvgIpc) is 2.38. The van der Waals surface area contributed by atoms with Gasteiger partial charge in [-0.3, -0.25) is 4.79 Å². The van der Waals surface area contributed by atoms with Gasteiger partial charge in [0.15, 0.2) is 0 Å². The lowest BCUT2D eigenvalue weighted by molar-refractivity contribution is -0.175. The number of halogens is 4. The van der Waals surface area contributed by atoms with Crippen molar-refractivity contribution in [3.8, 4) is 0 Å². The Bertz CT molecular complexity index is 484. The van der Waals surface area contributed by atoms with Crippen LogP contribution in [0.4, 0.5) is 17.6 Å². The molecule has 0 aliphatic rings. The first-order valence-corrected chi connectivity index (χ1v) is 5.44. The predicted molar refractivity (Wildman–Crippen MR) is 60.1 cm³/mol. The molecule has 0 radical (unpaired) electrons. The van der Waals surface area contributed by atoms with E-state index in [-0.39, 0.29) is 6.42 Å². The molecule has 20 heavy (non-hydrogen) atoms. The lowest BCUT2D eigenvalue weighted by Crippen LogP contribution is -2.48. The van der Waals surface area contributed by atoms with Gasteiger partial charge in [0.2, 0.25) is 0 Å². The van der Waals surface area contributed by atoms with E-state index < -0.39 is 29.9 Å². The molecule has 8 heteroatoms. The number of carbonyl (C=O) groups is 2. The van der Waals surface area contributed by atoms with E-state index in [0.29, 0.717) is 5.56 Å². The van der Waals surface area contributed by atoms with Gasteiger partial charge in [0.25, 0.3) is 0 Å². The summed E-state index contributed by atoms with van der Waals surface area (Å²) in [5.74, 6) is -3.79. The van der Waals surface area contributed by atoms with Crippen molar-refractivity contribution in [1.82, 2.24) is 5.32 Å². The monoisotopic (exact) mass is 293 g/mol. The topological polar surface area (TPSA) is 55.4 Å². The number of methoxy groups -OCH3 is 1. The number of nitrogens with one attached hydrogen (secondary N) is 1. The van der Waals surface area contributed by atoms with E-state index in [0.717, 1.165) is 19.2 Å². The van der Waals surface area contributed by atoms with E-state index in [2.05, 4.69) is 4.74 Å². The second-order valence-electron chi connectivity index (χ2n) is 3.88. The number of alkyl halides is 3. The third-order valence-corrected chi connectivity index (χ3v) is 2.40. The molecule has 0 saturated heterocycles. The molecule has 0 bridgehead atoms. The Labute approximate surface area is 111 Å². The number of ether oxygens (including phenoxy) is 1. The predicted octanol–water partition coefficient (Wildman–Crippen LogP) is 1.59. The molecule has 110 valence electrons. The Balaban J connectivity index is 2.82. The van der Waals surface area contributed by atoms with E-state index in [1.807, 2.05) is 0 Å². The number of amides is 1. The van der Waals surface area contributed by atoms with Crippen LogP contribution in [0, 0.1) is 5.82 Å². The second-order valence-corrected chi connectivity index (χ2v) is 3.88. The number of esters is 1. The lowest BCUT2D eigenvalue weighted by Gasteiger charge is -2.17. The van der Waals surface area contributed by atoms with Gasteiger partial charge in [-0.05, 0) is 17.7 Å². The molecule has 1 aromatic carbocycles. The zero-order valence-corrected chi connectivity index (χ0v) is 10.3. The van der Waals surface area contributed by atoms with Crippen LogP contribution in [0.2, 0.25) is 0 Å². The standard InChI is InChI=1S/C12H11F4NO3/c1-20-10(18)9(17-11(19)12(14,15)16)6-7-2-4-8(13)5-3-7/h2-5,9H,6H2,1H3,(H,17,19). The Morgan fingerprint density at radius 3 is 2.25 bits per heavy atom. The highest BCUT2D eigenvalue weighted by atomic mass is 19.4. The van der Waals surface area contributed by atoms with Crippen molar-refractivity contribution in [3.05, 3.63) is 35.6 Å². The Morgan fingerprint density at radius 1 is 1.25 bits per heavy atom. The van der Waals surface area contributed by atoms with Gasteiger partial charge in [0.1, 0.15) is 11.9 Å². The number of rotatable bonds is 4. The largest absolute Gasteiger partial charge is 0.471 e. The van der Waals surface area contributed by atoms with E-state index >= 15 is 0 Å². The summed E-state index contributed by atoms with van der Waals surface area (Å²) in [5, 5.41) is 1.54. The number of benzene rings is 1. The lowest BCUT2D eigenvalue weighted by atomic mass is 10.1. The molecule has 1 unspecified atom stereocenters. The zero-order valence-electron chi connectivity index (χ0n) is 10.3. The van der Waals surface area contributed by atoms with Gasteiger partial charge in [-0.2, -0.15) is 13.2 Å². The van der Waals surface area contributed by atoms with Crippen molar-refractivity contribution in [2.75, 3.05) is 7.11 Å². The van der Waals surface area contributed by atoms with Crippen molar-refractivity contribution >= 4 is 11.9 Å². The molecule has 1 atom stereocenters. The van der Waals surface area contributed by atoms with Crippen molar-refractivity contribution in [2.24, 2.45) is 0 Å². The van der Waals surface area contributed by atoms with Gasteiger partial charge in [-0.1, -0.05) is 12.1 Å². The fourth-order valence-electron chi connectivity index (χ4n) is 1.43. The SMILES string of the molecule is COC(=O)C(Cc1ccc(F)cc1)NC(=O)C(F)(F)F. The summed E-state index contributed by atoms with van der Waals surface area (Å²) in [4.78, 5) is 22.2. The maximum Gasteiger partial charge on any atom is 0.471 e. The molecule has 1 amide bonds. The highest BCUT2D eigenvalue weighted by Crippen LogP contribution is 2.15. The molecule has 0 aromatic heterocycles. The first-order valence-electron chi connectivity index (χ1n) is 5.44. The van der Waals surface area contributed by atoms with E-state index in [1.54, 1.807) is 0 Å². The quantitative estimate of drug-likeness (QED) is 0.677. The third-order valence-electron chi connectivity index (χ3n) is 2.40. The summed E-state index contributed by atoms with van der Waals surface area (Å²) in [5.41, 5.74) is 0.379. The maximum atomic E-state index is 12.7. The van der Waals surface area contributed by atoms with Gasteiger partial charge in [-0.15, -0.1) is 0 Å². The number of carbonyl (C=O) groups excluding carboxylic acids is 2. The summed E-state index contributed by atoms with van der Waals surface area (Å²) in [7, 11) is 0.986. The van der Waals surface area contributed by atoms with Crippen LogP contribution in [0.25, 0.3) is 0 Å². The molecule has 0 aliphatic carbocycles. The van der Waals surface area contributed by atoms with E-state index in [9.17, 15) is 27.2 Å². The van der Waals surface area contributed by atoms with Crippen LogP contribution < -0.4 is 5.32 Å². The summed E-state index contributed by atoms with van der Waals surface area (Å²) in [6.45, 7) is 0. The van der Waals surface area contributed by atoms with Crippen LogP contribution >= 0.6 is 0 Å². The molecule has 0 spiro atoms. The van der Waals surface area contributed by atoms with Crippen molar-refractivity contribution in [2.45, 2.75) is 18.6 Å². The molecule has 0 heterocycles. The minimum Gasteiger partial charge on any atom is -0.467 e. The van der Waals surface area contributed by atoms with Crippen molar-refractivity contribution < 1.29 is 31.9 Å². The molecule has 0 fully saturated rings. The average molecular weight is 293 g/mol. The van der Waals surface area contributed by atoms with Gasteiger partial charge < -0.3 is 10.1 Å². The van der Waals surface area contributed by atoms with Crippen molar-refractivity contribution in [1.29, 1.82) is 0 Å². The van der Waals surface area contributed by atoms with Crippen LogP contribution in [0.1, 0.15) is 5.56 Å². The Kier molecular flexibility index (Phi) is 5.06. The van der Waals surface area contributed by atoms with Gasteiger partial charge in [0, 0.05) is 6.42 Å². The molecular formula is C12H11F4NO3. The fraction of sp³-hybridized carbons (Fsp3) is 0.333.